The lowest BCUT2D eigenvalue weighted by molar-refractivity contribution is 0.0601. The Morgan fingerprint density at radius 2 is 2.07 bits per heavy atom. The van der Waals surface area contributed by atoms with E-state index in [1.807, 2.05) is 0 Å². The number of methoxy groups -OCH3 is 1. The Morgan fingerprint density at radius 3 is 2.77 bits per heavy atom. The molecule has 1 N–H and O–H groups in total. The zero-order chi connectivity index (χ0) is 21.3. The number of aryl methyl sites for hydroxylation is 1. The molecule has 1 fully saturated rings. The highest BCUT2D eigenvalue weighted by molar-refractivity contribution is 7.80. The summed E-state index contributed by atoms with van der Waals surface area (Å²) < 4.78 is 18.4. The second-order valence-corrected chi connectivity index (χ2v) is 9.39. The van der Waals surface area contributed by atoms with Crippen molar-refractivity contribution in [1.29, 1.82) is 0 Å². The molecule has 0 radical (unpaired) electrons. The predicted octanol–water partition coefficient (Wildman–Crippen LogP) is 4.33. The van der Waals surface area contributed by atoms with Gasteiger partial charge in [-0.25, -0.2) is 9.18 Å². The van der Waals surface area contributed by atoms with E-state index in [2.05, 4.69) is 15.1 Å². The third kappa shape index (κ3) is 4.46. The summed E-state index contributed by atoms with van der Waals surface area (Å²) >= 11 is 13.1. The molecular weight excluding hydrogens is 445 g/mol. The summed E-state index contributed by atoms with van der Waals surface area (Å²) in [6.07, 6.45) is 3.00. The highest BCUT2D eigenvalue weighted by Gasteiger charge is 2.28. The molecule has 4 rings (SSSR count). The van der Waals surface area contributed by atoms with Gasteiger partial charge in [-0.3, -0.25) is 4.90 Å². The van der Waals surface area contributed by atoms with Gasteiger partial charge >= 0.3 is 5.97 Å². The smallest absolute Gasteiger partial charge is 0.341 e. The Morgan fingerprint density at radius 1 is 1.30 bits per heavy atom. The number of esters is 1. The van der Waals surface area contributed by atoms with Crippen LogP contribution < -0.4 is 5.32 Å². The summed E-state index contributed by atoms with van der Waals surface area (Å²) in [7, 11) is 1.41. The maximum absolute atomic E-state index is 13.3. The zero-order valence-corrected chi connectivity index (χ0v) is 19.1. The lowest BCUT2D eigenvalue weighted by Crippen LogP contribution is -2.49. The molecule has 0 amide bonds. The van der Waals surface area contributed by atoms with E-state index < -0.39 is 5.82 Å². The number of fused-ring (bicyclic) bond motifs is 1. The molecule has 5 nitrogen and oxygen atoms in total. The fraction of sp³-hybridized carbons (Fsp3) is 0.429. The predicted molar refractivity (Wildman–Crippen MR) is 122 cm³/mol. The third-order valence-corrected chi connectivity index (χ3v) is 7.44. The Balaban J connectivity index is 1.36. The van der Waals surface area contributed by atoms with Crippen molar-refractivity contribution in [2.75, 3.05) is 38.6 Å². The number of carbonyl (C=O) groups excluding carboxylic acids is 1. The number of halogens is 2. The van der Waals surface area contributed by atoms with Crippen LogP contribution in [0, 0.1) is 5.82 Å². The van der Waals surface area contributed by atoms with Crippen LogP contribution in [0.3, 0.4) is 0 Å². The SMILES string of the molecule is COC(=O)c1c(NC(=S)N2CCN(Cc3ccc(F)c(Cl)c3)CC2)sc2c1CCC2. The number of hydrogen-bond acceptors (Lipinski definition) is 5. The van der Waals surface area contributed by atoms with Gasteiger partial charge in [0.15, 0.2) is 5.11 Å². The molecule has 0 spiro atoms. The van der Waals surface area contributed by atoms with Crippen LogP contribution in [0.25, 0.3) is 0 Å². The van der Waals surface area contributed by atoms with E-state index in [9.17, 15) is 9.18 Å². The van der Waals surface area contributed by atoms with Gasteiger partial charge in [0.1, 0.15) is 10.8 Å². The van der Waals surface area contributed by atoms with Crippen molar-refractivity contribution in [3.05, 3.63) is 50.6 Å². The van der Waals surface area contributed by atoms with Crippen molar-refractivity contribution < 1.29 is 13.9 Å². The van der Waals surface area contributed by atoms with Crippen LogP contribution in [-0.2, 0) is 24.1 Å². The molecule has 0 unspecified atom stereocenters. The van der Waals surface area contributed by atoms with Gasteiger partial charge in [-0.05, 0) is 54.7 Å². The highest BCUT2D eigenvalue weighted by Crippen LogP contribution is 2.39. The summed E-state index contributed by atoms with van der Waals surface area (Å²) in [5.74, 6) is -0.699. The van der Waals surface area contributed by atoms with Crippen molar-refractivity contribution >= 4 is 51.2 Å². The van der Waals surface area contributed by atoms with Crippen molar-refractivity contribution in [2.45, 2.75) is 25.8 Å². The fourth-order valence-electron chi connectivity index (χ4n) is 3.99. The van der Waals surface area contributed by atoms with E-state index in [0.717, 1.165) is 68.1 Å². The first-order valence-corrected chi connectivity index (χ1v) is 11.5. The van der Waals surface area contributed by atoms with Gasteiger partial charge in [0.25, 0.3) is 0 Å². The molecule has 2 heterocycles. The molecule has 2 aromatic rings. The highest BCUT2D eigenvalue weighted by atomic mass is 35.5. The van der Waals surface area contributed by atoms with Gasteiger partial charge < -0.3 is 15.0 Å². The molecule has 160 valence electrons. The van der Waals surface area contributed by atoms with Gasteiger partial charge in [-0.15, -0.1) is 11.3 Å². The molecule has 1 aromatic heterocycles. The van der Waals surface area contributed by atoms with E-state index in [0.29, 0.717) is 10.7 Å². The molecule has 1 aromatic carbocycles. The minimum atomic E-state index is -0.396. The van der Waals surface area contributed by atoms with Gasteiger partial charge in [0.05, 0.1) is 17.7 Å². The number of rotatable bonds is 4. The number of thiocarbonyl (C=S) groups is 1. The number of ether oxygens (including phenoxy) is 1. The average Bonchev–Trinajstić information content (AvgIpc) is 3.31. The molecule has 0 atom stereocenters. The first-order valence-electron chi connectivity index (χ1n) is 9.91. The zero-order valence-electron chi connectivity index (χ0n) is 16.7. The molecule has 1 aliphatic heterocycles. The summed E-state index contributed by atoms with van der Waals surface area (Å²) in [6, 6.07) is 4.86. The van der Waals surface area contributed by atoms with Crippen LogP contribution in [0.5, 0.6) is 0 Å². The Bertz CT molecular complexity index is 973. The van der Waals surface area contributed by atoms with Gasteiger partial charge in [-0.2, -0.15) is 0 Å². The Kier molecular flexibility index (Phi) is 6.57. The lowest BCUT2D eigenvalue weighted by atomic mass is 10.1. The first-order chi connectivity index (χ1) is 14.5. The Hall–Kier alpha value is -1.74. The van der Waals surface area contributed by atoms with E-state index in [4.69, 9.17) is 28.6 Å². The summed E-state index contributed by atoms with van der Waals surface area (Å²) in [5.41, 5.74) is 2.75. The summed E-state index contributed by atoms with van der Waals surface area (Å²) in [5, 5.41) is 4.87. The topological polar surface area (TPSA) is 44.8 Å². The van der Waals surface area contributed by atoms with Crippen LogP contribution >= 0.6 is 35.2 Å². The number of carbonyl (C=O) groups is 1. The van der Waals surface area contributed by atoms with Gasteiger partial charge in [-0.1, -0.05) is 17.7 Å². The minimum Gasteiger partial charge on any atom is -0.465 e. The number of benzene rings is 1. The Labute approximate surface area is 189 Å². The van der Waals surface area contributed by atoms with Crippen molar-refractivity contribution in [1.82, 2.24) is 9.80 Å². The fourth-order valence-corrected chi connectivity index (χ4v) is 5.82. The molecule has 1 saturated heterocycles. The monoisotopic (exact) mass is 467 g/mol. The number of thiophene rings is 1. The van der Waals surface area contributed by atoms with Crippen LogP contribution in [-0.4, -0.2) is 54.2 Å². The van der Waals surface area contributed by atoms with Crippen molar-refractivity contribution in [2.24, 2.45) is 0 Å². The van der Waals surface area contributed by atoms with Gasteiger partial charge in [0, 0.05) is 37.6 Å². The minimum absolute atomic E-state index is 0.153. The van der Waals surface area contributed by atoms with Crippen molar-refractivity contribution in [3.63, 3.8) is 0 Å². The molecule has 0 saturated carbocycles. The van der Waals surface area contributed by atoms with Crippen LogP contribution in [0.1, 0.15) is 32.8 Å². The lowest BCUT2D eigenvalue weighted by Gasteiger charge is -2.36. The van der Waals surface area contributed by atoms with E-state index in [-0.39, 0.29) is 11.0 Å². The average molecular weight is 468 g/mol. The maximum atomic E-state index is 13.3. The number of hydrogen-bond donors (Lipinski definition) is 1. The maximum Gasteiger partial charge on any atom is 0.341 e. The summed E-state index contributed by atoms with van der Waals surface area (Å²) in [6.45, 7) is 3.94. The first kappa shape index (κ1) is 21.5. The van der Waals surface area contributed by atoms with E-state index in [1.54, 1.807) is 23.5 Å². The van der Waals surface area contributed by atoms with Crippen LogP contribution in [0.15, 0.2) is 18.2 Å². The normalized spacial score (nSPS) is 16.4. The largest absolute Gasteiger partial charge is 0.465 e. The molecule has 2 aliphatic rings. The third-order valence-electron chi connectivity index (χ3n) is 5.58. The second-order valence-electron chi connectivity index (χ2n) is 7.49. The second kappa shape index (κ2) is 9.18. The van der Waals surface area contributed by atoms with Crippen molar-refractivity contribution in [3.8, 4) is 0 Å². The van der Waals surface area contributed by atoms with E-state index in [1.165, 1.54) is 18.1 Å². The quantitative estimate of drug-likeness (QED) is 0.533. The van der Waals surface area contributed by atoms with Gasteiger partial charge in [0.2, 0.25) is 0 Å². The van der Waals surface area contributed by atoms with Crippen LogP contribution in [0.2, 0.25) is 5.02 Å². The molecular formula is C21H23ClFN3O2S2. The number of piperazine rings is 1. The molecule has 1 aliphatic carbocycles. The number of anilines is 1. The number of nitrogens with zero attached hydrogens (tertiary/aromatic N) is 2. The molecule has 0 bridgehead atoms. The van der Waals surface area contributed by atoms with Crippen LogP contribution in [0.4, 0.5) is 9.39 Å². The summed E-state index contributed by atoms with van der Waals surface area (Å²) in [4.78, 5) is 18.0. The molecule has 9 heteroatoms. The standard InChI is InChI=1S/C21H23ClFN3O2S2/c1-28-20(27)18-14-3-2-4-17(14)30-19(18)24-21(29)26-9-7-25(8-10-26)12-13-5-6-16(23)15(22)11-13/h5-6,11H,2-4,7-10,12H2,1H3,(H,24,29). The molecule has 30 heavy (non-hydrogen) atoms. The number of nitrogens with one attached hydrogen (secondary N) is 1. The van der Waals surface area contributed by atoms with E-state index >= 15 is 0 Å².